The first-order valence-corrected chi connectivity index (χ1v) is 11.9. The van der Waals surface area contributed by atoms with E-state index in [1.165, 1.54) is 30.5 Å². The Bertz CT molecular complexity index is 1370. The van der Waals surface area contributed by atoms with E-state index in [4.69, 9.17) is 6.57 Å². The summed E-state index contributed by atoms with van der Waals surface area (Å²) in [5, 5.41) is 3.85. The fourth-order valence-electron chi connectivity index (χ4n) is 3.68. The lowest BCUT2D eigenvalue weighted by Crippen LogP contribution is -2.32. The predicted octanol–water partition coefficient (Wildman–Crippen LogP) is 4.14. The smallest absolute Gasteiger partial charge is 0.283 e. The molecule has 8 nitrogen and oxygen atoms in total. The van der Waals surface area contributed by atoms with Gasteiger partial charge in [0, 0.05) is 6.20 Å². The molecule has 10 heteroatoms. The van der Waals surface area contributed by atoms with Gasteiger partial charge in [-0.2, -0.15) is 13.5 Å². The van der Waals surface area contributed by atoms with Crippen LogP contribution in [0.2, 0.25) is 0 Å². The van der Waals surface area contributed by atoms with Crippen molar-refractivity contribution in [3.05, 3.63) is 71.1 Å². The average Bonchev–Trinajstić information content (AvgIpc) is 3.49. The van der Waals surface area contributed by atoms with Crippen molar-refractivity contribution in [2.24, 2.45) is 0 Å². The molecule has 4 rings (SSSR count). The highest BCUT2D eigenvalue weighted by Crippen LogP contribution is 2.35. The molecule has 0 atom stereocenters. The van der Waals surface area contributed by atoms with Crippen molar-refractivity contribution in [1.29, 1.82) is 0 Å². The molecule has 0 radical (unpaired) electrons. The van der Waals surface area contributed by atoms with Crippen molar-refractivity contribution < 1.29 is 17.6 Å². The molecular formula is C23H22FN5O3S. The Morgan fingerprint density at radius 2 is 2.06 bits per heavy atom. The fourth-order valence-corrected chi connectivity index (χ4v) is 4.60. The molecule has 1 saturated carbocycles. The molecular weight excluding hydrogens is 445 g/mol. The topological polar surface area (TPSA) is 98.3 Å². The molecule has 3 aromatic rings. The van der Waals surface area contributed by atoms with Gasteiger partial charge in [0.2, 0.25) is 5.91 Å². The van der Waals surface area contributed by atoms with Crippen LogP contribution >= 0.6 is 0 Å². The van der Waals surface area contributed by atoms with E-state index < -0.39 is 21.7 Å². The van der Waals surface area contributed by atoms with Crippen molar-refractivity contribution in [3.63, 3.8) is 0 Å². The number of amides is 1. The number of benzene rings is 1. The van der Waals surface area contributed by atoms with Gasteiger partial charge < -0.3 is 4.85 Å². The Morgan fingerprint density at radius 3 is 2.73 bits per heavy atom. The van der Waals surface area contributed by atoms with Crippen molar-refractivity contribution in [1.82, 2.24) is 19.5 Å². The van der Waals surface area contributed by atoms with Crippen molar-refractivity contribution in [2.45, 2.75) is 50.1 Å². The van der Waals surface area contributed by atoms with E-state index in [-0.39, 0.29) is 29.2 Å². The summed E-state index contributed by atoms with van der Waals surface area (Å²) in [6.07, 6.45) is 4.63. The van der Waals surface area contributed by atoms with Gasteiger partial charge in [0.05, 0.1) is 12.5 Å². The van der Waals surface area contributed by atoms with E-state index in [1.54, 1.807) is 16.9 Å². The Balaban J connectivity index is 1.67. The average molecular weight is 468 g/mol. The number of aromatic nitrogens is 3. The second kappa shape index (κ2) is 8.75. The van der Waals surface area contributed by atoms with Gasteiger partial charge in [0.1, 0.15) is 12.0 Å². The third-order valence-corrected chi connectivity index (χ3v) is 6.67. The summed E-state index contributed by atoms with van der Waals surface area (Å²) in [7, 11) is -4.15. The molecule has 1 N–H and O–H groups in total. The number of hydrogen-bond acceptors (Lipinski definition) is 5. The third kappa shape index (κ3) is 4.93. The number of sulfonamides is 1. The second-order valence-corrected chi connectivity index (χ2v) is 9.89. The SMILES string of the molecule is [C-]#[N+]c1cc(-c2cc(F)cc(C(C)C)c2CC(=O)NS(=O)(=O)c2ccn(C3CC3)n2)ccn1. The zero-order valence-corrected chi connectivity index (χ0v) is 18.9. The first kappa shape index (κ1) is 22.6. The van der Waals surface area contributed by atoms with Crippen LogP contribution in [0, 0.1) is 12.4 Å². The lowest BCUT2D eigenvalue weighted by atomic mass is 9.88. The van der Waals surface area contributed by atoms with Gasteiger partial charge in [0.15, 0.2) is 5.03 Å². The van der Waals surface area contributed by atoms with E-state index in [9.17, 15) is 17.6 Å². The molecule has 1 amide bonds. The summed E-state index contributed by atoms with van der Waals surface area (Å²) in [4.78, 5) is 20.1. The van der Waals surface area contributed by atoms with Crippen LogP contribution in [0.5, 0.6) is 0 Å². The molecule has 2 aromatic heterocycles. The molecule has 0 spiro atoms. The van der Waals surface area contributed by atoms with Crippen LogP contribution < -0.4 is 4.72 Å². The lowest BCUT2D eigenvalue weighted by Gasteiger charge is -2.18. The molecule has 33 heavy (non-hydrogen) atoms. The largest absolute Gasteiger partial charge is 0.361 e. The standard InChI is InChI=1S/C23H22FN5O3S/c1-14(2)18-11-16(24)12-19(15-6-8-26-21(10-15)25-3)20(18)13-22(30)28-33(31,32)23-7-9-29(27-23)17-4-5-17/h6-12,14,17H,4-5,13H2,1-2H3,(H,28,30). The number of halogens is 1. The quantitative estimate of drug-likeness (QED) is 0.527. The Hall–Kier alpha value is -3.58. The highest BCUT2D eigenvalue weighted by Gasteiger charge is 2.28. The molecule has 2 heterocycles. The zero-order chi connectivity index (χ0) is 23.8. The molecule has 170 valence electrons. The van der Waals surface area contributed by atoms with Crippen molar-refractivity contribution in [2.75, 3.05) is 0 Å². The van der Waals surface area contributed by atoms with Crippen LogP contribution in [0.25, 0.3) is 16.0 Å². The highest BCUT2D eigenvalue weighted by molar-refractivity contribution is 7.90. The maximum atomic E-state index is 14.5. The number of rotatable bonds is 7. The molecule has 0 bridgehead atoms. The number of carbonyl (C=O) groups excluding carboxylic acids is 1. The van der Waals surface area contributed by atoms with Crippen LogP contribution in [-0.4, -0.2) is 29.1 Å². The summed E-state index contributed by atoms with van der Waals surface area (Å²) >= 11 is 0. The maximum absolute atomic E-state index is 14.5. The van der Waals surface area contributed by atoms with Crippen LogP contribution in [-0.2, 0) is 21.2 Å². The van der Waals surface area contributed by atoms with E-state index in [2.05, 4.69) is 19.6 Å². The summed E-state index contributed by atoms with van der Waals surface area (Å²) in [5.41, 5.74) is 2.00. The molecule has 1 aromatic carbocycles. The summed E-state index contributed by atoms with van der Waals surface area (Å²) in [6.45, 7) is 10.9. The molecule has 1 aliphatic rings. The minimum atomic E-state index is -4.15. The van der Waals surface area contributed by atoms with E-state index in [0.717, 1.165) is 12.8 Å². The molecule has 1 aliphatic carbocycles. The van der Waals surface area contributed by atoms with Crippen molar-refractivity contribution in [3.8, 4) is 11.1 Å². The Labute approximate surface area is 191 Å². The second-order valence-electron chi connectivity index (χ2n) is 8.26. The van der Waals surface area contributed by atoms with Crippen LogP contribution in [0.15, 0.2) is 47.8 Å². The number of nitrogens with one attached hydrogen (secondary N) is 1. The van der Waals surface area contributed by atoms with Gasteiger partial charge in [-0.3, -0.25) is 9.48 Å². The zero-order valence-electron chi connectivity index (χ0n) is 18.1. The number of carbonyl (C=O) groups is 1. The van der Waals surface area contributed by atoms with Gasteiger partial charge in [-0.1, -0.05) is 20.4 Å². The number of pyridine rings is 1. The molecule has 0 aliphatic heterocycles. The Morgan fingerprint density at radius 1 is 1.30 bits per heavy atom. The van der Waals surface area contributed by atoms with E-state index >= 15 is 0 Å². The molecule has 0 saturated heterocycles. The van der Waals surface area contributed by atoms with Gasteiger partial charge in [-0.15, -0.1) is 4.98 Å². The first-order valence-electron chi connectivity index (χ1n) is 10.4. The molecule has 1 fully saturated rings. The number of hydrogen-bond donors (Lipinski definition) is 1. The van der Waals surface area contributed by atoms with E-state index in [0.29, 0.717) is 22.3 Å². The fraction of sp³-hybridized carbons (Fsp3) is 0.304. The van der Waals surface area contributed by atoms with Gasteiger partial charge in [0.25, 0.3) is 15.8 Å². The van der Waals surface area contributed by atoms with Crippen LogP contribution in [0.4, 0.5) is 10.2 Å². The highest BCUT2D eigenvalue weighted by atomic mass is 32.2. The molecule has 0 unspecified atom stereocenters. The summed E-state index contributed by atoms with van der Waals surface area (Å²) in [5.74, 6) is -1.25. The first-order chi connectivity index (χ1) is 15.7. The number of nitrogens with zero attached hydrogens (tertiary/aromatic N) is 4. The van der Waals surface area contributed by atoms with Gasteiger partial charge in [-0.05, 0) is 71.3 Å². The van der Waals surface area contributed by atoms with E-state index in [1.807, 2.05) is 13.8 Å². The van der Waals surface area contributed by atoms with Gasteiger partial charge in [-0.25, -0.2) is 9.11 Å². The maximum Gasteiger partial charge on any atom is 0.283 e. The van der Waals surface area contributed by atoms with Crippen LogP contribution in [0.3, 0.4) is 0 Å². The van der Waals surface area contributed by atoms with Crippen molar-refractivity contribution >= 4 is 21.7 Å². The Kier molecular flexibility index (Phi) is 5.99. The predicted molar refractivity (Wildman–Crippen MR) is 120 cm³/mol. The normalized spacial score (nSPS) is 13.7. The monoisotopic (exact) mass is 467 g/mol. The summed E-state index contributed by atoms with van der Waals surface area (Å²) in [6, 6.07) is 7.33. The lowest BCUT2D eigenvalue weighted by molar-refractivity contribution is -0.118. The minimum Gasteiger partial charge on any atom is -0.361 e. The summed E-state index contributed by atoms with van der Waals surface area (Å²) < 4.78 is 43.5. The minimum absolute atomic E-state index is 0.129. The third-order valence-electron chi connectivity index (χ3n) is 5.41. The van der Waals surface area contributed by atoms with Gasteiger partial charge >= 0.3 is 0 Å². The van der Waals surface area contributed by atoms with Crippen LogP contribution in [0.1, 0.15) is 49.8 Å².